The van der Waals surface area contributed by atoms with Gasteiger partial charge in [-0.15, -0.1) is 0 Å². The third-order valence-electron chi connectivity index (χ3n) is 5.63. The van der Waals surface area contributed by atoms with E-state index in [1.54, 1.807) is 29.7 Å². The lowest BCUT2D eigenvalue weighted by Crippen LogP contribution is -2.42. The number of imide groups is 1. The molecule has 3 rings (SSSR count). The summed E-state index contributed by atoms with van der Waals surface area (Å²) in [7, 11) is 0. The topological polar surface area (TPSA) is 110 Å². The first-order chi connectivity index (χ1) is 13.5. The number of nitrogens with zero attached hydrogens (tertiary/aromatic N) is 2. The highest BCUT2D eigenvalue weighted by Gasteiger charge is 2.47. The average molecular weight is 389 g/mol. The normalized spacial score (nSPS) is 20.7. The first-order valence-electron chi connectivity index (χ1n) is 9.86. The van der Waals surface area contributed by atoms with Crippen LogP contribution in [-0.2, 0) is 16.1 Å². The van der Waals surface area contributed by atoms with Crippen LogP contribution < -0.4 is 5.48 Å². The highest BCUT2D eigenvalue weighted by molar-refractivity contribution is 6.04. The van der Waals surface area contributed by atoms with Crippen molar-refractivity contribution < 1.29 is 24.7 Å². The van der Waals surface area contributed by atoms with Crippen molar-refractivity contribution in [2.75, 3.05) is 0 Å². The summed E-state index contributed by atoms with van der Waals surface area (Å²) in [6.45, 7) is 0.136. The molecule has 0 bridgehead atoms. The molecule has 3 N–H and O–H groups in total. The van der Waals surface area contributed by atoms with Gasteiger partial charge in [-0.3, -0.25) is 19.7 Å². The SMILES string of the molecule is O=C(CCCC1C(=O)N(C2CCCCC2)C(=O)N1Cc1ccccc1O)NO. The lowest BCUT2D eigenvalue weighted by Gasteiger charge is -2.29. The van der Waals surface area contributed by atoms with E-state index in [1.807, 2.05) is 0 Å². The van der Waals surface area contributed by atoms with Crippen LogP contribution in [0.15, 0.2) is 24.3 Å². The van der Waals surface area contributed by atoms with Gasteiger partial charge < -0.3 is 10.0 Å². The number of aromatic hydroxyl groups is 1. The van der Waals surface area contributed by atoms with Crippen LogP contribution >= 0.6 is 0 Å². The predicted octanol–water partition coefficient (Wildman–Crippen LogP) is 2.53. The van der Waals surface area contributed by atoms with Gasteiger partial charge in [0.25, 0.3) is 5.91 Å². The molecule has 1 aromatic carbocycles. The summed E-state index contributed by atoms with van der Waals surface area (Å²) in [6, 6.07) is 5.69. The molecular weight excluding hydrogens is 362 g/mol. The smallest absolute Gasteiger partial charge is 0.328 e. The van der Waals surface area contributed by atoms with E-state index in [-0.39, 0.29) is 36.7 Å². The Morgan fingerprint density at radius 3 is 2.54 bits per heavy atom. The number of benzene rings is 1. The predicted molar refractivity (Wildman–Crippen MR) is 100 cm³/mol. The van der Waals surface area contributed by atoms with Crippen molar-refractivity contribution in [1.29, 1.82) is 0 Å². The molecule has 8 nitrogen and oxygen atoms in total. The molecule has 1 saturated carbocycles. The van der Waals surface area contributed by atoms with Gasteiger partial charge in [0.05, 0.1) is 6.54 Å². The number of para-hydroxylation sites is 1. The van der Waals surface area contributed by atoms with Crippen LogP contribution in [0, 0.1) is 0 Å². The number of phenols is 1. The van der Waals surface area contributed by atoms with E-state index in [9.17, 15) is 19.5 Å². The van der Waals surface area contributed by atoms with Crippen molar-refractivity contribution in [3.63, 3.8) is 0 Å². The van der Waals surface area contributed by atoms with Crippen LogP contribution in [0.2, 0.25) is 0 Å². The molecule has 1 saturated heterocycles. The summed E-state index contributed by atoms with van der Waals surface area (Å²) >= 11 is 0. The fourth-order valence-electron chi connectivity index (χ4n) is 4.13. The molecular formula is C20H27N3O5. The third-order valence-corrected chi connectivity index (χ3v) is 5.63. The molecule has 0 radical (unpaired) electrons. The first-order valence-corrected chi connectivity index (χ1v) is 9.86. The van der Waals surface area contributed by atoms with Gasteiger partial charge in [-0.2, -0.15) is 0 Å². The minimum atomic E-state index is -0.666. The number of urea groups is 1. The molecule has 4 amide bonds. The van der Waals surface area contributed by atoms with Crippen LogP contribution in [0.4, 0.5) is 4.79 Å². The molecule has 2 fully saturated rings. The Hall–Kier alpha value is -2.61. The molecule has 2 aliphatic rings. The molecule has 1 heterocycles. The second-order valence-corrected chi connectivity index (χ2v) is 7.48. The van der Waals surface area contributed by atoms with E-state index < -0.39 is 11.9 Å². The number of carbonyl (C=O) groups is 3. The van der Waals surface area contributed by atoms with Gasteiger partial charge in [0.2, 0.25) is 5.91 Å². The summed E-state index contributed by atoms with van der Waals surface area (Å²) < 4.78 is 0. The van der Waals surface area contributed by atoms with Crippen molar-refractivity contribution in [3.05, 3.63) is 29.8 Å². The van der Waals surface area contributed by atoms with E-state index in [4.69, 9.17) is 5.21 Å². The lowest BCUT2D eigenvalue weighted by atomic mass is 9.94. The Morgan fingerprint density at radius 1 is 1.14 bits per heavy atom. The van der Waals surface area contributed by atoms with Gasteiger partial charge in [-0.1, -0.05) is 37.5 Å². The number of rotatable bonds is 7. The van der Waals surface area contributed by atoms with E-state index in [0.717, 1.165) is 32.1 Å². The number of hydroxylamine groups is 1. The van der Waals surface area contributed by atoms with Gasteiger partial charge in [-0.05, 0) is 31.7 Å². The first kappa shape index (κ1) is 20.1. The van der Waals surface area contributed by atoms with E-state index in [2.05, 4.69) is 0 Å². The second-order valence-electron chi connectivity index (χ2n) is 7.48. The van der Waals surface area contributed by atoms with Gasteiger partial charge in [-0.25, -0.2) is 10.3 Å². The second kappa shape index (κ2) is 9.05. The zero-order valence-corrected chi connectivity index (χ0v) is 15.8. The Labute approximate surface area is 164 Å². The molecule has 1 aromatic rings. The molecule has 28 heavy (non-hydrogen) atoms. The number of hydrogen-bond acceptors (Lipinski definition) is 5. The van der Waals surface area contributed by atoms with Crippen LogP contribution in [0.3, 0.4) is 0 Å². The van der Waals surface area contributed by atoms with Gasteiger partial charge >= 0.3 is 6.03 Å². The molecule has 0 spiro atoms. The molecule has 1 unspecified atom stereocenters. The van der Waals surface area contributed by atoms with Gasteiger partial charge in [0, 0.05) is 18.0 Å². The number of nitrogens with one attached hydrogen (secondary N) is 1. The van der Waals surface area contributed by atoms with Crippen molar-refractivity contribution in [2.24, 2.45) is 0 Å². The third kappa shape index (κ3) is 4.27. The molecule has 152 valence electrons. The number of phenolic OH excluding ortho intramolecular Hbond substituents is 1. The zero-order chi connectivity index (χ0) is 20.1. The largest absolute Gasteiger partial charge is 0.508 e. The zero-order valence-electron chi connectivity index (χ0n) is 15.8. The summed E-state index contributed by atoms with van der Waals surface area (Å²) in [4.78, 5) is 40.4. The van der Waals surface area contributed by atoms with E-state index >= 15 is 0 Å². The van der Waals surface area contributed by atoms with Gasteiger partial charge in [0.15, 0.2) is 0 Å². The Bertz CT molecular complexity index is 732. The highest BCUT2D eigenvalue weighted by Crippen LogP contribution is 2.32. The van der Waals surface area contributed by atoms with E-state index in [1.165, 1.54) is 9.80 Å². The quantitative estimate of drug-likeness (QED) is 0.377. The average Bonchev–Trinajstić information content (AvgIpc) is 2.94. The highest BCUT2D eigenvalue weighted by atomic mass is 16.5. The Kier molecular flexibility index (Phi) is 6.51. The maximum atomic E-state index is 13.1. The monoisotopic (exact) mass is 389 g/mol. The summed E-state index contributed by atoms with van der Waals surface area (Å²) in [6.07, 6.45) is 5.53. The standard InChI is InChI=1S/C20H27N3O5/c24-17-11-5-4-7-14(17)13-22-16(10-6-12-18(25)21-28)19(26)23(20(22)27)15-8-2-1-3-9-15/h4-5,7,11,15-16,24,28H,1-3,6,8-10,12-13H2,(H,21,25). The fraction of sp³-hybridized carbons (Fsp3) is 0.550. The molecule has 1 aliphatic heterocycles. The van der Waals surface area contributed by atoms with Crippen molar-refractivity contribution >= 4 is 17.8 Å². The van der Waals surface area contributed by atoms with Crippen molar-refractivity contribution in [2.45, 2.75) is 70.0 Å². The van der Waals surface area contributed by atoms with Gasteiger partial charge in [0.1, 0.15) is 11.8 Å². The summed E-state index contributed by atoms with van der Waals surface area (Å²) in [5.74, 6) is -0.665. The Balaban J connectivity index is 1.79. The van der Waals surface area contributed by atoms with Crippen molar-refractivity contribution in [1.82, 2.24) is 15.3 Å². The van der Waals surface area contributed by atoms with Crippen LogP contribution in [-0.4, -0.2) is 50.0 Å². The minimum Gasteiger partial charge on any atom is -0.508 e. The molecule has 1 aliphatic carbocycles. The fourth-order valence-corrected chi connectivity index (χ4v) is 4.13. The summed E-state index contributed by atoms with van der Waals surface area (Å²) in [5, 5.41) is 18.7. The maximum absolute atomic E-state index is 13.1. The number of hydrogen-bond donors (Lipinski definition) is 3. The summed E-state index contributed by atoms with van der Waals surface area (Å²) in [5.41, 5.74) is 2.16. The maximum Gasteiger partial charge on any atom is 0.328 e. The van der Waals surface area contributed by atoms with Crippen molar-refractivity contribution in [3.8, 4) is 5.75 Å². The van der Waals surface area contributed by atoms with Crippen LogP contribution in [0.5, 0.6) is 5.75 Å². The lowest BCUT2D eigenvalue weighted by molar-refractivity contribution is -0.132. The molecule has 8 heteroatoms. The Morgan fingerprint density at radius 2 is 1.86 bits per heavy atom. The number of amides is 4. The van der Waals surface area contributed by atoms with Crippen LogP contribution in [0.25, 0.3) is 0 Å². The minimum absolute atomic E-state index is 0.0718. The van der Waals surface area contributed by atoms with Crippen LogP contribution in [0.1, 0.15) is 56.9 Å². The van der Waals surface area contributed by atoms with E-state index in [0.29, 0.717) is 18.4 Å². The molecule has 0 aromatic heterocycles. The molecule has 1 atom stereocenters. The number of carbonyl (C=O) groups excluding carboxylic acids is 3.